The summed E-state index contributed by atoms with van der Waals surface area (Å²) in [7, 11) is -1.76. The van der Waals surface area contributed by atoms with Gasteiger partial charge >= 0.3 is 187 Å². The maximum Gasteiger partial charge on any atom is -1.00 e. The second kappa shape index (κ2) is 10.2. The minimum Gasteiger partial charge on any atom is -1.00 e. The van der Waals surface area contributed by atoms with E-state index in [0.29, 0.717) is 5.25 Å². The van der Waals surface area contributed by atoms with Gasteiger partial charge in [0.25, 0.3) is 0 Å². The van der Waals surface area contributed by atoms with Crippen LogP contribution in [0.2, 0.25) is 13.1 Å². The zero-order chi connectivity index (χ0) is 20.8. The van der Waals surface area contributed by atoms with Crippen molar-refractivity contribution in [3.63, 3.8) is 0 Å². The maximum absolute atomic E-state index is 2.63. The zero-order valence-electron chi connectivity index (χ0n) is 20.0. The zero-order valence-corrected chi connectivity index (χ0v) is 24.9. The summed E-state index contributed by atoms with van der Waals surface area (Å²) in [4.78, 5) is 0. The SMILES string of the molecule is CC(C)SC1([Si](C)(C)C2=[C]([Ti+2])CC=C2)CC=C(C(C)(C)C)C=C1C(C)(C)C.[Cl-].[Cl-]. The van der Waals surface area contributed by atoms with Crippen molar-refractivity contribution < 1.29 is 45.2 Å². The van der Waals surface area contributed by atoms with Gasteiger partial charge in [0.2, 0.25) is 0 Å². The molecule has 0 spiro atoms. The van der Waals surface area contributed by atoms with Crippen LogP contribution < -0.4 is 24.8 Å². The molecule has 5 heteroatoms. The molecule has 0 saturated carbocycles. The number of allylic oxidation sites excluding steroid dienone is 7. The van der Waals surface area contributed by atoms with Gasteiger partial charge in [-0.15, -0.1) is 0 Å². The quantitative estimate of drug-likeness (QED) is 0.524. The van der Waals surface area contributed by atoms with Crippen molar-refractivity contribution in [3.8, 4) is 0 Å². The predicted molar refractivity (Wildman–Crippen MR) is 123 cm³/mol. The summed E-state index contributed by atoms with van der Waals surface area (Å²) in [5.41, 5.74) is 3.58. The van der Waals surface area contributed by atoms with Gasteiger partial charge in [-0.3, -0.25) is 0 Å². The molecule has 2 aliphatic rings. The first-order valence-electron chi connectivity index (χ1n) is 10.4. The summed E-state index contributed by atoms with van der Waals surface area (Å²) in [6.07, 6.45) is 12.3. The molecular formula is C24H39Cl2SSiTi. The van der Waals surface area contributed by atoms with Crippen LogP contribution in [0.4, 0.5) is 0 Å². The molecule has 0 bridgehead atoms. The molecule has 29 heavy (non-hydrogen) atoms. The molecule has 0 heterocycles. The molecule has 2 aliphatic carbocycles. The summed E-state index contributed by atoms with van der Waals surface area (Å²) in [6.45, 7) is 24.4. The van der Waals surface area contributed by atoms with Gasteiger partial charge in [-0.05, 0) is 0 Å². The fourth-order valence-corrected chi connectivity index (χ4v) is 13.6. The summed E-state index contributed by atoms with van der Waals surface area (Å²) in [5, 5.41) is 2.32. The van der Waals surface area contributed by atoms with Crippen LogP contribution in [0.15, 0.2) is 44.5 Å². The van der Waals surface area contributed by atoms with Crippen LogP contribution in [0.1, 0.15) is 68.2 Å². The molecule has 1 atom stereocenters. The Morgan fingerprint density at radius 3 is 1.97 bits per heavy atom. The summed E-state index contributed by atoms with van der Waals surface area (Å²) in [6, 6.07) is 0. The van der Waals surface area contributed by atoms with Crippen molar-refractivity contribution in [3.05, 3.63) is 44.5 Å². The second-order valence-corrected chi connectivity index (χ2v) is 18.9. The molecule has 163 valence electrons. The molecule has 0 aromatic rings. The van der Waals surface area contributed by atoms with E-state index in [1.807, 2.05) is 0 Å². The molecule has 0 amide bonds. The largest absolute Gasteiger partial charge is 1.00 e. The minimum atomic E-state index is -1.76. The van der Waals surface area contributed by atoms with Crippen molar-refractivity contribution in [1.29, 1.82) is 0 Å². The Morgan fingerprint density at radius 1 is 1.03 bits per heavy atom. The third kappa shape index (κ3) is 5.99. The second-order valence-electron chi connectivity index (χ2n) is 11.0. The van der Waals surface area contributed by atoms with E-state index in [-0.39, 0.29) is 40.0 Å². The molecule has 1 unspecified atom stereocenters. The monoisotopic (exact) mass is 505 g/mol. The molecule has 0 N–H and O–H groups in total. The number of hydrogen-bond donors (Lipinski definition) is 0. The molecular weight excluding hydrogens is 467 g/mol. The molecule has 2 rings (SSSR count). The Bertz CT molecular complexity index is 718. The summed E-state index contributed by atoms with van der Waals surface area (Å²) in [5.74, 6) is 0. The Kier molecular flexibility index (Phi) is 10.5. The molecule has 0 radical (unpaired) electrons. The van der Waals surface area contributed by atoms with Gasteiger partial charge < -0.3 is 24.8 Å². The normalized spacial score (nSPS) is 22.9. The van der Waals surface area contributed by atoms with E-state index in [0.717, 1.165) is 6.42 Å². The van der Waals surface area contributed by atoms with Crippen LogP contribution in [0, 0.1) is 10.8 Å². The van der Waals surface area contributed by atoms with Crippen molar-refractivity contribution >= 4 is 19.8 Å². The van der Waals surface area contributed by atoms with Crippen LogP contribution >= 0.6 is 11.8 Å². The summed E-state index contributed by atoms with van der Waals surface area (Å²) >= 11 is 4.61. The fourth-order valence-electron chi connectivity index (χ4n) is 4.60. The van der Waals surface area contributed by atoms with Gasteiger partial charge in [-0.25, -0.2) is 0 Å². The number of rotatable bonds is 4. The molecule has 0 aliphatic heterocycles. The average molecular weight is 507 g/mol. The molecule has 0 nitrogen and oxygen atoms in total. The topological polar surface area (TPSA) is 0 Å². The molecule has 0 fully saturated rings. The first-order chi connectivity index (χ1) is 12.1. The molecule has 0 saturated heterocycles. The first kappa shape index (κ1) is 29.8. The van der Waals surface area contributed by atoms with Gasteiger partial charge in [0.05, 0.1) is 0 Å². The van der Waals surface area contributed by atoms with E-state index >= 15 is 0 Å². The third-order valence-electron chi connectivity index (χ3n) is 6.07. The van der Waals surface area contributed by atoms with Crippen molar-refractivity contribution in [2.75, 3.05) is 0 Å². The first-order valence-corrected chi connectivity index (χ1v) is 15.0. The molecule has 0 aromatic carbocycles. The van der Waals surface area contributed by atoms with Gasteiger partial charge in [-0.1, -0.05) is 0 Å². The van der Waals surface area contributed by atoms with E-state index in [1.54, 1.807) is 14.6 Å². The number of thioether (sulfide) groups is 1. The van der Waals surface area contributed by atoms with E-state index in [2.05, 4.69) is 125 Å². The van der Waals surface area contributed by atoms with Gasteiger partial charge in [-0.2, -0.15) is 0 Å². The summed E-state index contributed by atoms with van der Waals surface area (Å²) < 4.78 is 1.83. The van der Waals surface area contributed by atoms with Crippen LogP contribution in [0.5, 0.6) is 0 Å². The Hall–Kier alpha value is 0.821. The number of hydrogen-bond acceptors (Lipinski definition) is 1. The smallest absolute Gasteiger partial charge is 1.00 e. The van der Waals surface area contributed by atoms with E-state index in [1.165, 1.54) is 12.0 Å². The van der Waals surface area contributed by atoms with Gasteiger partial charge in [0.1, 0.15) is 0 Å². The standard InChI is InChI=1S/C24H39SSi.2ClH.Ti/c1-18(2)25-24(26(9,10)20-13-11-12-14-20)16-15-19(22(3,4)5)17-21(24)23(6,7)8;;;/h11,13,15,17-18H,12,16H2,1-10H3;2*1H;/q;;;+2/p-2. The number of halogens is 2. The van der Waals surface area contributed by atoms with Crippen LogP contribution in [0.3, 0.4) is 0 Å². The predicted octanol–water partition coefficient (Wildman–Crippen LogP) is 1.77. The van der Waals surface area contributed by atoms with E-state index in [9.17, 15) is 0 Å². The van der Waals surface area contributed by atoms with Crippen molar-refractivity contribution in [1.82, 2.24) is 0 Å². The van der Waals surface area contributed by atoms with Gasteiger partial charge in [0, 0.05) is 0 Å². The van der Waals surface area contributed by atoms with E-state index in [4.69, 9.17) is 0 Å². The molecule has 0 aromatic heterocycles. The van der Waals surface area contributed by atoms with Crippen LogP contribution in [0.25, 0.3) is 0 Å². The van der Waals surface area contributed by atoms with Crippen LogP contribution in [-0.4, -0.2) is 17.7 Å². The average Bonchev–Trinajstić information content (AvgIpc) is 2.91. The fraction of sp³-hybridized carbons (Fsp3) is 0.667. The van der Waals surface area contributed by atoms with E-state index < -0.39 is 8.07 Å². The van der Waals surface area contributed by atoms with Crippen molar-refractivity contribution in [2.45, 2.75) is 90.9 Å². The maximum atomic E-state index is 2.63. The minimum absolute atomic E-state index is 0. The Morgan fingerprint density at radius 2 is 1.59 bits per heavy atom. The van der Waals surface area contributed by atoms with Gasteiger partial charge in [0.15, 0.2) is 0 Å². The van der Waals surface area contributed by atoms with Crippen LogP contribution in [-0.2, 0) is 20.4 Å². The Labute approximate surface area is 210 Å². The van der Waals surface area contributed by atoms with Crippen molar-refractivity contribution in [2.24, 2.45) is 10.8 Å². The Balaban J connectivity index is 0.00000392. The third-order valence-corrected chi connectivity index (χ3v) is 14.7.